The van der Waals surface area contributed by atoms with Gasteiger partial charge in [0.1, 0.15) is 11.5 Å². The summed E-state index contributed by atoms with van der Waals surface area (Å²) in [7, 11) is 0. The fourth-order valence-electron chi connectivity index (χ4n) is 5.76. The quantitative estimate of drug-likeness (QED) is 0.0358. The number of nitrogens with zero attached hydrogens (tertiary/aromatic N) is 1. The van der Waals surface area contributed by atoms with Crippen LogP contribution in [0.4, 0.5) is 0 Å². The Labute approximate surface area is 267 Å². The first kappa shape index (κ1) is 38.0. The summed E-state index contributed by atoms with van der Waals surface area (Å²) in [6.45, 7) is 4.03. The molecule has 0 aliphatic carbocycles. The number of oxime groups is 1. The van der Waals surface area contributed by atoms with Crippen LogP contribution < -0.4 is 0 Å². The normalized spacial score (nSPS) is 10.9. The van der Waals surface area contributed by atoms with Crippen LogP contribution in [-0.2, 0) is 29.3 Å². The van der Waals surface area contributed by atoms with Crippen LogP contribution in [0.25, 0.3) is 0 Å². The van der Waals surface area contributed by atoms with Crippen LogP contribution in [0.1, 0.15) is 151 Å². The zero-order valence-electron chi connectivity index (χ0n) is 26.6. The van der Waals surface area contributed by atoms with E-state index in [0.29, 0.717) is 11.5 Å². The van der Waals surface area contributed by atoms with Gasteiger partial charge in [-0.3, -0.25) is 0 Å². The summed E-state index contributed by atoms with van der Waals surface area (Å²) in [6.07, 6.45) is 26.4. The number of benzene rings is 2. The molecule has 5 heteroatoms. The molecule has 0 fully saturated rings. The van der Waals surface area contributed by atoms with Crippen LogP contribution in [-0.4, -0.2) is 21.1 Å². The number of hydrogen-bond acceptors (Lipinski definition) is 4. The van der Waals surface area contributed by atoms with E-state index in [1.807, 2.05) is 26.0 Å². The Hall–Kier alpha value is -2.00. The Balaban J connectivity index is 0.00000882. The average Bonchev–Trinajstić information content (AvgIpc) is 2.95. The molecule has 0 saturated carbocycles. The van der Waals surface area contributed by atoms with Crippen LogP contribution in [0.2, 0.25) is 0 Å². The minimum Gasteiger partial charge on any atom is -0.508 e. The number of aryl methyl sites for hydroxylation is 4. The van der Waals surface area contributed by atoms with Crippen molar-refractivity contribution in [1.82, 2.24) is 0 Å². The molecule has 2 aromatic carbocycles. The number of phenols is 2. The number of rotatable bonds is 24. The van der Waals surface area contributed by atoms with Crippen molar-refractivity contribution in [3.05, 3.63) is 58.7 Å². The summed E-state index contributed by atoms with van der Waals surface area (Å²) in [5, 5.41) is 33.0. The molecule has 0 aliphatic rings. The van der Waals surface area contributed by atoms with Gasteiger partial charge in [-0.05, 0) is 99.6 Å². The van der Waals surface area contributed by atoms with Crippen molar-refractivity contribution < 1.29 is 31.9 Å². The Bertz CT molecular complexity index is 915. The fourth-order valence-corrected chi connectivity index (χ4v) is 5.76. The summed E-state index contributed by atoms with van der Waals surface area (Å²) in [4.78, 5) is 0. The Morgan fingerprint density at radius 2 is 0.810 bits per heavy atom. The molecular formula is C37H59NNiO3. The molecule has 0 bridgehead atoms. The molecule has 3 N–H and O–H groups in total. The van der Waals surface area contributed by atoms with Crippen LogP contribution >= 0.6 is 0 Å². The molecule has 0 spiro atoms. The molecule has 0 heterocycles. The van der Waals surface area contributed by atoms with E-state index in [1.54, 1.807) is 0 Å². The third-order valence-corrected chi connectivity index (χ3v) is 8.45. The largest absolute Gasteiger partial charge is 0.508 e. The molecule has 240 valence electrons. The Kier molecular flexibility index (Phi) is 22.1. The van der Waals surface area contributed by atoms with Gasteiger partial charge in [-0.15, -0.1) is 0 Å². The van der Waals surface area contributed by atoms with Crippen LogP contribution in [0.5, 0.6) is 11.5 Å². The van der Waals surface area contributed by atoms with Crippen molar-refractivity contribution in [3.8, 4) is 11.5 Å². The monoisotopic (exact) mass is 623 g/mol. The molecular weight excluding hydrogens is 565 g/mol. The van der Waals surface area contributed by atoms with Gasteiger partial charge in [0, 0.05) is 16.5 Å². The van der Waals surface area contributed by atoms with Crippen LogP contribution in [0.15, 0.2) is 41.6 Å². The zero-order chi connectivity index (χ0) is 29.5. The first-order chi connectivity index (χ1) is 20.0. The smallest absolute Gasteiger partial charge is 0.119 e. The molecule has 2 rings (SSSR count). The van der Waals surface area contributed by atoms with Crippen molar-refractivity contribution in [2.75, 3.05) is 0 Å². The van der Waals surface area contributed by atoms with Crippen molar-refractivity contribution in [1.29, 1.82) is 0 Å². The number of unbranched alkanes of at least 4 members (excludes halogenated alkanes) is 16. The molecule has 42 heavy (non-hydrogen) atoms. The number of phenolic OH excluding ortho intramolecular Hbond substituents is 2. The van der Waals surface area contributed by atoms with E-state index in [0.717, 1.165) is 79.3 Å². The van der Waals surface area contributed by atoms with Crippen LogP contribution in [0.3, 0.4) is 0 Å². The summed E-state index contributed by atoms with van der Waals surface area (Å²) < 4.78 is 0. The standard InChI is InChI=1S/C37H59NO3.Ni/c1-31-25-27-33(36(39)29-31)21-17-13-9-5-3-7-11-15-19-23-35(38-41)24-20-16-12-8-4-6-10-14-18-22-34-28-26-32(2)30-37(34)40;/h25-30,39-41H,3-24H2,1-2H3;. The molecule has 0 atom stereocenters. The average molecular weight is 625 g/mol. The third-order valence-electron chi connectivity index (χ3n) is 8.45. The topological polar surface area (TPSA) is 73.1 Å². The maximum absolute atomic E-state index is 10.0. The molecule has 4 nitrogen and oxygen atoms in total. The summed E-state index contributed by atoms with van der Waals surface area (Å²) >= 11 is 0. The molecule has 0 saturated heterocycles. The third kappa shape index (κ3) is 17.8. The van der Waals surface area contributed by atoms with Gasteiger partial charge in [0.2, 0.25) is 0 Å². The molecule has 0 amide bonds. The molecule has 0 radical (unpaired) electrons. The second kappa shape index (κ2) is 24.4. The summed E-state index contributed by atoms with van der Waals surface area (Å²) in [5.74, 6) is 0.899. The predicted molar refractivity (Wildman–Crippen MR) is 175 cm³/mol. The summed E-state index contributed by atoms with van der Waals surface area (Å²) in [6, 6.07) is 12.0. The maximum Gasteiger partial charge on any atom is 0.119 e. The summed E-state index contributed by atoms with van der Waals surface area (Å²) in [5.41, 5.74) is 5.38. The van der Waals surface area contributed by atoms with E-state index in [2.05, 4.69) is 29.4 Å². The number of aromatic hydroxyl groups is 2. The SMILES string of the molecule is Cc1ccc(CCCCCCCCCCCC(CCCCCCCCCCCc2ccc(C)cc2O)=NO)c(O)c1.[Ni]. The second-order valence-electron chi connectivity index (χ2n) is 12.3. The van der Waals surface area contributed by atoms with E-state index in [-0.39, 0.29) is 16.5 Å². The number of hydrogen-bond donors (Lipinski definition) is 3. The van der Waals surface area contributed by atoms with E-state index in [9.17, 15) is 15.4 Å². The second-order valence-corrected chi connectivity index (χ2v) is 12.3. The van der Waals surface area contributed by atoms with Gasteiger partial charge in [0.25, 0.3) is 0 Å². The Morgan fingerprint density at radius 3 is 1.12 bits per heavy atom. The molecule has 0 unspecified atom stereocenters. The zero-order valence-corrected chi connectivity index (χ0v) is 27.6. The minimum atomic E-state index is 0. The van der Waals surface area contributed by atoms with Crippen molar-refractivity contribution in [2.45, 2.75) is 155 Å². The Morgan fingerprint density at radius 1 is 0.500 bits per heavy atom. The first-order valence-electron chi connectivity index (χ1n) is 16.8. The maximum atomic E-state index is 10.0. The van der Waals surface area contributed by atoms with Gasteiger partial charge in [-0.1, -0.05) is 119 Å². The van der Waals surface area contributed by atoms with E-state index in [4.69, 9.17) is 0 Å². The van der Waals surface area contributed by atoms with Crippen LogP contribution in [0, 0.1) is 13.8 Å². The van der Waals surface area contributed by atoms with E-state index < -0.39 is 0 Å². The first-order valence-corrected chi connectivity index (χ1v) is 16.8. The van der Waals surface area contributed by atoms with Gasteiger partial charge in [0.15, 0.2) is 0 Å². The van der Waals surface area contributed by atoms with E-state index >= 15 is 0 Å². The van der Waals surface area contributed by atoms with Gasteiger partial charge in [0.05, 0.1) is 5.71 Å². The van der Waals surface area contributed by atoms with Crippen molar-refractivity contribution >= 4 is 5.71 Å². The molecule has 2 aromatic rings. The minimum absolute atomic E-state index is 0. The molecule has 0 aromatic heterocycles. The van der Waals surface area contributed by atoms with E-state index in [1.165, 1.54) is 89.9 Å². The van der Waals surface area contributed by atoms with Gasteiger partial charge in [-0.25, -0.2) is 0 Å². The van der Waals surface area contributed by atoms with Crippen molar-refractivity contribution in [3.63, 3.8) is 0 Å². The van der Waals surface area contributed by atoms with Crippen molar-refractivity contribution in [2.24, 2.45) is 5.16 Å². The predicted octanol–water partition coefficient (Wildman–Crippen LogP) is 11.1. The van der Waals surface area contributed by atoms with Gasteiger partial charge < -0.3 is 15.4 Å². The fraction of sp³-hybridized carbons (Fsp3) is 0.649. The van der Waals surface area contributed by atoms with Gasteiger partial charge >= 0.3 is 0 Å². The molecule has 0 aliphatic heterocycles. The van der Waals surface area contributed by atoms with Gasteiger partial charge in [-0.2, -0.15) is 0 Å².